The third-order valence-corrected chi connectivity index (χ3v) is 5.96. The Kier molecular flexibility index (Phi) is 5.88. The van der Waals surface area contributed by atoms with E-state index in [1.54, 1.807) is 20.4 Å². The molecule has 0 saturated carbocycles. The number of ether oxygens (including phenoxy) is 2. The van der Waals surface area contributed by atoms with Gasteiger partial charge in [0, 0.05) is 32.6 Å². The van der Waals surface area contributed by atoms with Crippen LogP contribution in [0.2, 0.25) is 0 Å². The maximum absolute atomic E-state index is 12.5. The standard InChI is InChI=1S/C19H18Br2N2O3/c1-25-17-4-3-11(7-18(17)26-2)5-6-22-19(24)13-10-23-16-9-15(21)14(20)8-12(13)16/h3-4,7-10,23H,5-6H2,1-2H3,(H,22,24). The summed E-state index contributed by atoms with van der Waals surface area (Å²) in [5.41, 5.74) is 2.60. The minimum atomic E-state index is -0.106. The van der Waals surface area contributed by atoms with E-state index in [9.17, 15) is 4.79 Å². The number of amides is 1. The van der Waals surface area contributed by atoms with Crippen LogP contribution in [-0.4, -0.2) is 31.7 Å². The van der Waals surface area contributed by atoms with E-state index in [1.165, 1.54) is 0 Å². The van der Waals surface area contributed by atoms with Crippen molar-refractivity contribution in [3.8, 4) is 11.5 Å². The molecule has 1 heterocycles. The zero-order chi connectivity index (χ0) is 18.7. The van der Waals surface area contributed by atoms with E-state index < -0.39 is 0 Å². The minimum absolute atomic E-state index is 0.106. The number of H-pyrrole nitrogens is 1. The zero-order valence-corrected chi connectivity index (χ0v) is 17.5. The van der Waals surface area contributed by atoms with Gasteiger partial charge >= 0.3 is 0 Å². The fourth-order valence-electron chi connectivity index (χ4n) is 2.76. The molecule has 2 aromatic carbocycles. The Labute approximate surface area is 168 Å². The number of carbonyl (C=O) groups is 1. The van der Waals surface area contributed by atoms with Crippen LogP contribution < -0.4 is 14.8 Å². The zero-order valence-electron chi connectivity index (χ0n) is 14.4. The second-order valence-electron chi connectivity index (χ2n) is 5.71. The molecule has 0 aliphatic carbocycles. The molecular weight excluding hydrogens is 464 g/mol. The average molecular weight is 482 g/mol. The van der Waals surface area contributed by atoms with E-state index in [0.29, 0.717) is 30.0 Å². The summed E-state index contributed by atoms with van der Waals surface area (Å²) < 4.78 is 12.4. The number of aromatic amines is 1. The van der Waals surface area contributed by atoms with Crippen LogP contribution >= 0.6 is 31.9 Å². The summed E-state index contributed by atoms with van der Waals surface area (Å²) in [4.78, 5) is 15.7. The van der Waals surface area contributed by atoms with E-state index in [0.717, 1.165) is 25.4 Å². The first-order valence-corrected chi connectivity index (χ1v) is 9.57. The second-order valence-corrected chi connectivity index (χ2v) is 7.42. The van der Waals surface area contributed by atoms with Crippen LogP contribution in [-0.2, 0) is 6.42 Å². The molecule has 2 N–H and O–H groups in total. The molecule has 0 atom stereocenters. The first kappa shape index (κ1) is 18.8. The van der Waals surface area contributed by atoms with E-state index in [-0.39, 0.29) is 5.91 Å². The van der Waals surface area contributed by atoms with Crippen molar-refractivity contribution < 1.29 is 14.3 Å². The average Bonchev–Trinajstić information content (AvgIpc) is 3.04. The first-order chi connectivity index (χ1) is 12.5. The number of methoxy groups -OCH3 is 2. The van der Waals surface area contributed by atoms with Crippen LogP contribution in [0.1, 0.15) is 15.9 Å². The van der Waals surface area contributed by atoms with Crippen molar-refractivity contribution in [2.45, 2.75) is 6.42 Å². The number of halogens is 2. The Hall–Kier alpha value is -1.99. The summed E-state index contributed by atoms with van der Waals surface area (Å²) in [6.07, 6.45) is 2.43. The Morgan fingerprint density at radius 2 is 1.81 bits per heavy atom. The van der Waals surface area contributed by atoms with Gasteiger partial charge in [-0.05, 0) is 68.1 Å². The summed E-state index contributed by atoms with van der Waals surface area (Å²) in [7, 11) is 3.22. The highest BCUT2D eigenvalue weighted by atomic mass is 79.9. The van der Waals surface area contributed by atoms with Crippen molar-refractivity contribution in [2.24, 2.45) is 0 Å². The highest BCUT2D eigenvalue weighted by Gasteiger charge is 2.13. The molecule has 0 saturated heterocycles. The van der Waals surface area contributed by atoms with Gasteiger partial charge in [0.25, 0.3) is 5.91 Å². The van der Waals surface area contributed by atoms with Gasteiger partial charge in [0.05, 0.1) is 19.8 Å². The Morgan fingerprint density at radius 1 is 1.08 bits per heavy atom. The highest BCUT2D eigenvalue weighted by molar-refractivity contribution is 9.13. The predicted molar refractivity (Wildman–Crippen MR) is 109 cm³/mol. The molecule has 26 heavy (non-hydrogen) atoms. The lowest BCUT2D eigenvalue weighted by molar-refractivity contribution is 0.0956. The fourth-order valence-corrected chi connectivity index (χ4v) is 3.44. The number of fused-ring (bicyclic) bond motifs is 1. The molecule has 136 valence electrons. The van der Waals surface area contributed by atoms with E-state index in [1.807, 2.05) is 30.3 Å². The molecule has 3 aromatic rings. The number of rotatable bonds is 6. The summed E-state index contributed by atoms with van der Waals surface area (Å²) in [5.74, 6) is 1.27. The van der Waals surface area contributed by atoms with Crippen LogP contribution in [0, 0.1) is 0 Å². The molecule has 0 radical (unpaired) electrons. The van der Waals surface area contributed by atoms with Crippen LogP contribution in [0.3, 0.4) is 0 Å². The smallest absolute Gasteiger partial charge is 0.253 e. The van der Waals surface area contributed by atoms with Gasteiger partial charge in [0.2, 0.25) is 0 Å². The summed E-state index contributed by atoms with van der Waals surface area (Å²) in [6, 6.07) is 9.63. The lowest BCUT2D eigenvalue weighted by Crippen LogP contribution is -2.25. The van der Waals surface area contributed by atoms with Gasteiger partial charge < -0.3 is 19.8 Å². The third-order valence-electron chi connectivity index (χ3n) is 4.11. The number of carbonyl (C=O) groups excluding carboxylic acids is 1. The number of hydrogen-bond acceptors (Lipinski definition) is 3. The molecule has 1 amide bonds. The normalized spacial score (nSPS) is 10.8. The largest absolute Gasteiger partial charge is 0.493 e. The topological polar surface area (TPSA) is 63.3 Å². The fraction of sp³-hybridized carbons (Fsp3) is 0.211. The van der Waals surface area contributed by atoms with Gasteiger partial charge in [-0.1, -0.05) is 6.07 Å². The Morgan fingerprint density at radius 3 is 2.54 bits per heavy atom. The van der Waals surface area contributed by atoms with E-state index in [4.69, 9.17) is 9.47 Å². The van der Waals surface area contributed by atoms with Gasteiger partial charge in [0.1, 0.15) is 0 Å². The Balaban J connectivity index is 1.67. The van der Waals surface area contributed by atoms with Crippen molar-refractivity contribution in [1.82, 2.24) is 10.3 Å². The SMILES string of the molecule is COc1ccc(CCNC(=O)c2c[nH]c3cc(Br)c(Br)cc23)cc1OC. The van der Waals surface area contributed by atoms with E-state index >= 15 is 0 Å². The molecule has 0 bridgehead atoms. The highest BCUT2D eigenvalue weighted by Crippen LogP contribution is 2.30. The van der Waals surface area contributed by atoms with Crippen LogP contribution in [0.15, 0.2) is 45.5 Å². The summed E-state index contributed by atoms with van der Waals surface area (Å²) >= 11 is 6.94. The Bertz CT molecular complexity index is 953. The lowest BCUT2D eigenvalue weighted by Gasteiger charge is -2.10. The van der Waals surface area contributed by atoms with Gasteiger partial charge in [-0.15, -0.1) is 0 Å². The molecular formula is C19H18Br2N2O3. The van der Waals surface area contributed by atoms with Gasteiger partial charge in [-0.3, -0.25) is 4.79 Å². The maximum atomic E-state index is 12.5. The van der Waals surface area contributed by atoms with Crippen molar-refractivity contribution in [3.05, 3.63) is 56.6 Å². The maximum Gasteiger partial charge on any atom is 0.253 e. The third kappa shape index (κ3) is 3.88. The molecule has 0 aliphatic rings. The second kappa shape index (κ2) is 8.14. The first-order valence-electron chi connectivity index (χ1n) is 7.98. The van der Waals surface area contributed by atoms with Crippen LogP contribution in [0.25, 0.3) is 10.9 Å². The number of hydrogen-bond donors (Lipinski definition) is 2. The molecule has 5 nitrogen and oxygen atoms in total. The summed E-state index contributed by atoms with van der Waals surface area (Å²) in [5, 5.41) is 3.85. The van der Waals surface area contributed by atoms with E-state index in [2.05, 4.69) is 42.2 Å². The van der Waals surface area contributed by atoms with Gasteiger partial charge in [-0.25, -0.2) is 0 Å². The van der Waals surface area contributed by atoms with Gasteiger partial charge in [-0.2, -0.15) is 0 Å². The quantitative estimate of drug-likeness (QED) is 0.537. The predicted octanol–water partition coefficient (Wildman–Crippen LogP) is 4.68. The van der Waals surface area contributed by atoms with Crippen LogP contribution in [0.5, 0.6) is 11.5 Å². The van der Waals surface area contributed by atoms with Crippen molar-refractivity contribution in [3.63, 3.8) is 0 Å². The summed E-state index contributed by atoms with van der Waals surface area (Å²) in [6.45, 7) is 0.526. The minimum Gasteiger partial charge on any atom is -0.493 e. The molecule has 3 rings (SSSR count). The molecule has 0 aliphatic heterocycles. The number of benzene rings is 2. The van der Waals surface area contributed by atoms with Crippen molar-refractivity contribution >= 4 is 48.7 Å². The molecule has 1 aromatic heterocycles. The monoisotopic (exact) mass is 480 g/mol. The molecule has 7 heteroatoms. The molecule has 0 fully saturated rings. The van der Waals surface area contributed by atoms with Crippen molar-refractivity contribution in [2.75, 3.05) is 20.8 Å². The number of nitrogens with one attached hydrogen (secondary N) is 2. The van der Waals surface area contributed by atoms with Gasteiger partial charge in [0.15, 0.2) is 11.5 Å². The van der Waals surface area contributed by atoms with Crippen molar-refractivity contribution in [1.29, 1.82) is 0 Å². The molecule has 0 spiro atoms. The lowest BCUT2D eigenvalue weighted by atomic mass is 10.1. The number of aromatic nitrogens is 1. The molecule has 0 unspecified atom stereocenters. The van der Waals surface area contributed by atoms with Crippen LogP contribution in [0.4, 0.5) is 0 Å².